The van der Waals surface area contributed by atoms with Crippen molar-refractivity contribution in [1.29, 1.82) is 0 Å². The number of esters is 1. The summed E-state index contributed by atoms with van der Waals surface area (Å²) in [5.41, 5.74) is 11.7. The average molecular weight is 521 g/mol. The van der Waals surface area contributed by atoms with Crippen molar-refractivity contribution in [3.05, 3.63) is 95.0 Å². The molecule has 1 amide bonds. The van der Waals surface area contributed by atoms with Crippen molar-refractivity contribution in [2.75, 3.05) is 6.61 Å². The molecule has 37 heavy (non-hydrogen) atoms. The van der Waals surface area contributed by atoms with Crippen LogP contribution in [-0.4, -0.2) is 36.5 Å². The highest BCUT2D eigenvalue weighted by atomic mass is 35.5. The predicted molar refractivity (Wildman–Crippen MR) is 143 cm³/mol. The Hall–Kier alpha value is -3.92. The summed E-state index contributed by atoms with van der Waals surface area (Å²) >= 11 is 6.14. The summed E-state index contributed by atoms with van der Waals surface area (Å²) in [4.78, 5) is 26.1. The molecule has 2 unspecified atom stereocenters. The van der Waals surface area contributed by atoms with E-state index in [0.717, 1.165) is 22.3 Å². The van der Waals surface area contributed by atoms with E-state index in [1.165, 1.54) is 0 Å². The molecule has 0 fully saturated rings. The molecule has 1 heterocycles. The molecule has 2 atom stereocenters. The summed E-state index contributed by atoms with van der Waals surface area (Å²) in [5.74, 6) is -0.540. The first-order chi connectivity index (χ1) is 18.0. The maximum absolute atomic E-state index is 13.3. The summed E-state index contributed by atoms with van der Waals surface area (Å²) < 4.78 is 5.31. The van der Waals surface area contributed by atoms with Crippen molar-refractivity contribution in [3.8, 4) is 11.1 Å². The molecule has 4 rings (SSSR count). The third kappa shape index (κ3) is 7.53. The number of hydrazone groups is 1. The van der Waals surface area contributed by atoms with E-state index < -0.39 is 18.1 Å². The lowest BCUT2D eigenvalue weighted by Crippen LogP contribution is -2.55. The number of halogens is 1. The summed E-state index contributed by atoms with van der Waals surface area (Å²) in [6.45, 7) is 2.00. The number of hydrazine groups is 2. The minimum atomic E-state index is -0.750. The van der Waals surface area contributed by atoms with Gasteiger partial charge in [0.1, 0.15) is 6.04 Å². The number of hydrogen-bond acceptors (Lipinski definition) is 8. The molecule has 3 aromatic carbocycles. The Morgan fingerprint density at radius 2 is 1.65 bits per heavy atom. The highest BCUT2D eigenvalue weighted by molar-refractivity contribution is 6.30. The van der Waals surface area contributed by atoms with Gasteiger partial charge in [-0.25, -0.2) is 5.53 Å². The van der Waals surface area contributed by atoms with E-state index in [1.807, 2.05) is 78.9 Å². The van der Waals surface area contributed by atoms with Crippen LogP contribution >= 0.6 is 11.6 Å². The van der Waals surface area contributed by atoms with E-state index in [2.05, 4.69) is 32.2 Å². The zero-order chi connectivity index (χ0) is 26.0. The van der Waals surface area contributed by atoms with Crippen LogP contribution < -0.4 is 27.1 Å². The van der Waals surface area contributed by atoms with Gasteiger partial charge in [0.05, 0.1) is 12.6 Å². The highest BCUT2D eigenvalue weighted by Gasteiger charge is 2.29. The van der Waals surface area contributed by atoms with Crippen LogP contribution in [0.5, 0.6) is 0 Å². The van der Waals surface area contributed by atoms with Crippen LogP contribution in [0.15, 0.2) is 84.0 Å². The zero-order valence-electron chi connectivity index (χ0n) is 20.3. The quantitative estimate of drug-likeness (QED) is 0.261. The average Bonchev–Trinajstić information content (AvgIpc) is 3.42. The van der Waals surface area contributed by atoms with Crippen LogP contribution in [0.3, 0.4) is 0 Å². The SMILES string of the molecule is CCOC(=O)C(Cc1ccccc1)NC(Cc1ccc(-c2cccc(Cl)c2)cc1)C(=O)NC1=NNNN1. The van der Waals surface area contributed by atoms with Crippen LogP contribution in [0.25, 0.3) is 11.1 Å². The molecule has 0 saturated carbocycles. The first kappa shape index (κ1) is 26.2. The minimum absolute atomic E-state index is 0.226. The monoisotopic (exact) mass is 520 g/mol. The van der Waals surface area contributed by atoms with E-state index in [1.54, 1.807) is 6.92 Å². The Morgan fingerprint density at radius 1 is 0.919 bits per heavy atom. The summed E-state index contributed by atoms with van der Waals surface area (Å²) in [6, 6.07) is 23.7. The second-order valence-corrected chi connectivity index (χ2v) is 8.87. The topological polar surface area (TPSA) is 116 Å². The maximum atomic E-state index is 13.3. The van der Waals surface area contributed by atoms with E-state index in [9.17, 15) is 9.59 Å². The summed E-state index contributed by atoms with van der Waals surface area (Å²) in [5, 5.41) is 10.5. The largest absolute Gasteiger partial charge is 0.465 e. The molecule has 0 aliphatic carbocycles. The van der Waals surface area contributed by atoms with Gasteiger partial charge in [-0.05, 0) is 54.2 Å². The fourth-order valence-electron chi connectivity index (χ4n) is 3.97. The number of hydrogen-bond donors (Lipinski definition) is 5. The minimum Gasteiger partial charge on any atom is -0.465 e. The van der Waals surface area contributed by atoms with Gasteiger partial charge in [0, 0.05) is 5.02 Å². The lowest BCUT2D eigenvalue weighted by molar-refractivity contribution is -0.146. The van der Waals surface area contributed by atoms with Gasteiger partial charge < -0.3 is 4.74 Å². The lowest BCUT2D eigenvalue weighted by Gasteiger charge is -2.24. The van der Waals surface area contributed by atoms with Gasteiger partial charge in [0.2, 0.25) is 11.9 Å². The molecule has 192 valence electrons. The Kier molecular flexibility index (Phi) is 9.09. The molecule has 1 aliphatic rings. The van der Waals surface area contributed by atoms with Gasteiger partial charge >= 0.3 is 5.97 Å². The Balaban J connectivity index is 1.55. The van der Waals surface area contributed by atoms with Crippen LogP contribution in [-0.2, 0) is 27.2 Å². The number of amides is 1. The molecule has 9 nitrogen and oxygen atoms in total. The zero-order valence-corrected chi connectivity index (χ0v) is 21.1. The van der Waals surface area contributed by atoms with Crippen molar-refractivity contribution in [2.24, 2.45) is 5.10 Å². The molecular formula is C27H29ClN6O3. The third-order valence-electron chi connectivity index (χ3n) is 5.77. The van der Waals surface area contributed by atoms with Crippen molar-refractivity contribution in [1.82, 2.24) is 27.1 Å². The smallest absolute Gasteiger partial charge is 0.323 e. The fraction of sp³-hybridized carbons (Fsp3) is 0.222. The number of carbonyl (C=O) groups is 2. The van der Waals surface area contributed by atoms with E-state index in [-0.39, 0.29) is 18.5 Å². The Morgan fingerprint density at radius 3 is 2.32 bits per heavy atom. The van der Waals surface area contributed by atoms with Crippen LogP contribution in [0.1, 0.15) is 18.1 Å². The molecule has 0 radical (unpaired) electrons. The van der Waals surface area contributed by atoms with Gasteiger partial charge in [0.25, 0.3) is 0 Å². The lowest BCUT2D eigenvalue weighted by atomic mass is 9.99. The number of rotatable bonds is 10. The third-order valence-corrected chi connectivity index (χ3v) is 6.01. The van der Waals surface area contributed by atoms with Crippen LogP contribution in [0, 0.1) is 0 Å². The van der Waals surface area contributed by atoms with Crippen LogP contribution in [0.4, 0.5) is 0 Å². The molecule has 0 aromatic heterocycles. The predicted octanol–water partition coefficient (Wildman–Crippen LogP) is 2.68. The van der Waals surface area contributed by atoms with Crippen LogP contribution in [0.2, 0.25) is 5.02 Å². The molecule has 0 spiro atoms. The second kappa shape index (κ2) is 12.9. The highest BCUT2D eigenvalue weighted by Crippen LogP contribution is 2.23. The van der Waals surface area contributed by atoms with Gasteiger partial charge in [-0.3, -0.25) is 25.6 Å². The van der Waals surface area contributed by atoms with E-state index >= 15 is 0 Å². The van der Waals surface area contributed by atoms with E-state index in [4.69, 9.17) is 16.3 Å². The number of carbonyl (C=O) groups excluding carboxylic acids is 2. The van der Waals surface area contributed by atoms with Gasteiger partial charge in [-0.15, -0.1) is 10.6 Å². The Bertz CT molecular complexity index is 1240. The molecule has 1 aliphatic heterocycles. The molecule has 10 heteroatoms. The number of nitrogens with one attached hydrogen (secondary N) is 5. The summed E-state index contributed by atoms with van der Waals surface area (Å²) in [6.07, 6.45) is 0.708. The van der Waals surface area contributed by atoms with Crippen molar-refractivity contribution < 1.29 is 14.3 Å². The molecular weight excluding hydrogens is 492 g/mol. The Labute approximate surface area is 220 Å². The number of nitrogens with zero attached hydrogens (tertiary/aromatic N) is 1. The first-order valence-corrected chi connectivity index (χ1v) is 12.4. The fourth-order valence-corrected chi connectivity index (χ4v) is 4.16. The standard InChI is InChI=1S/C27H29ClN6O3/c1-2-37-26(36)24(16-18-7-4-3-5-8-18)29-23(25(35)30-27-31-33-34-32-27)15-19-11-13-20(14-12-19)21-9-6-10-22(28)17-21/h3-14,17,23-24,29,33-34H,2,15-16H2,1H3,(H2,30,31,32,35). The first-order valence-electron chi connectivity index (χ1n) is 12.0. The normalized spacial score (nSPS) is 14.1. The number of benzene rings is 3. The van der Waals surface area contributed by atoms with Gasteiger partial charge in [-0.1, -0.05) is 78.3 Å². The number of guanidine groups is 1. The van der Waals surface area contributed by atoms with Crippen molar-refractivity contribution in [2.45, 2.75) is 31.8 Å². The van der Waals surface area contributed by atoms with Gasteiger partial charge in [0.15, 0.2) is 0 Å². The van der Waals surface area contributed by atoms with E-state index in [0.29, 0.717) is 17.9 Å². The molecule has 0 bridgehead atoms. The summed E-state index contributed by atoms with van der Waals surface area (Å²) in [7, 11) is 0. The molecule has 0 saturated heterocycles. The number of ether oxygens (including phenoxy) is 1. The molecule has 3 aromatic rings. The van der Waals surface area contributed by atoms with Crippen molar-refractivity contribution >= 4 is 29.4 Å². The van der Waals surface area contributed by atoms with Crippen molar-refractivity contribution in [3.63, 3.8) is 0 Å². The maximum Gasteiger partial charge on any atom is 0.323 e. The second-order valence-electron chi connectivity index (χ2n) is 8.44. The molecule has 5 N–H and O–H groups in total. The van der Waals surface area contributed by atoms with Gasteiger partial charge in [-0.2, -0.15) is 0 Å².